The number of carbonyl (C=O) groups is 1. The summed E-state index contributed by atoms with van der Waals surface area (Å²) in [5.74, 6) is 0.830. The number of aliphatic hydroxyl groups excluding tert-OH is 2. The Morgan fingerprint density at radius 3 is 2.45 bits per heavy atom. The Morgan fingerprint density at radius 2 is 1.73 bits per heavy atom. The number of alkyl carbamates (subject to hydrolysis) is 1. The van der Waals surface area contributed by atoms with Crippen molar-refractivity contribution in [3.05, 3.63) is 89.0 Å². The summed E-state index contributed by atoms with van der Waals surface area (Å²) < 4.78 is 11.0. The molecule has 1 aliphatic heterocycles. The number of amides is 1. The first-order valence-corrected chi connectivity index (χ1v) is 11.3. The summed E-state index contributed by atoms with van der Waals surface area (Å²) >= 11 is 0. The van der Waals surface area contributed by atoms with Gasteiger partial charge < -0.3 is 25.0 Å². The molecule has 0 saturated carbocycles. The van der Waals surface area contributed by atoms with Gasteiger partial charge in [-0.3, -0.25) is 0 Å². The van der Waals surface area contributed by atoms with Crippen LogP contribution in [-0.4, -0.2) is 42.2 Å². The molecule has 170 valence electrons. The van der Waals surface area contributed by atoms with Crippen LogP contribution in [0.15, 0.2) is 66.7 Å². The summed E-state index contributed by atoms with van der Waals surface area (Å²) in [4.78, 5) is 12.3. The minimum atomic E-state index is -1.03. The van der Waals surface area contributed by atoms with Crippen molar-refractivity contribution >= 4 is 6.09 Å². The van der Waals surface area contributed by atoms with Crippen molar-refractivity contribution in [3.63, 3.8) is 0 Å². The van der Waals surface area contributed by atoms with Gasteiger partial charge in [0.1, 0.15) is 18.5 Å². The highest BCUT2D eigenvalue weighted by molar-refractivity contribution is 5.79. The molecule has 6 heteroatoms. The Morgan fingerprint density at radius 1 is 1.03 bits per heavy atom. The van der Waals surface area contributed by atoms with Crippen LogP contribution in [0, 0.1) is 0 Å². The van der Waals surface area contributed by atoms with Crippen molar-refractivity contribution in [2.75, 3.05) is 19.8 Å². The SMILES string of the molecule is O=C(NCCC(O)C(O)c1ccc2c(c1)CCO2)OCC1c2ccccc2-c2ccccc21. The molecular weight excluding hydrogens is 418 g/mol. The van der Waals surface area contributed by atoms with E-state index in [9.17, 15) is 15.0 Å². The van der Waals surface area contributed by atoms with Crippen LogP contribution in [0.4, 0.5) is 4.79 Å². The lowest BCUT2D eigenvalue weighted by Gasteiger charge is -2.19. The van der Waals surface area contributed by atoms with Crippen LogP contribution in [0.25, 0.3) is 11.1 Å². The zero-order valence-corrected chi connectivity index (χ0v) is 18.2. The van der Waals surface area contributed by atoms with Crippen molar-refractivity contribution in [3.8, 4) is 16.9 Å². The first-order chi connectivity index (χ1) is 16.1. The number of hydrogen-bond acceptors (Lipinski definition) is 5. The minimum absolute atomic E-state index is 0.000601. The molecule has 0 bridgehead atoms. The van der Waals surface area contributed by atoms with Gasteiger partial charge in [0.25, 0.3) is 0 Å². The highest BCUT2D eigenvalue weighted by Gasteiger charge is 2.29. The number of carbonyl (C=O) groups excluding carboxylic acids is 1. The summed E-state index contributed by atoms with van der Waals surface area (Å²) in [5.41, 5.74) is 6.35. The molecule has 1 aliphatic carbocycles. The van der Waals surface area contributed by atoms with Crippen molar-refractivity contribution in [1.29, 1.82) is 0 Å². The first kappa shape index (κ1) is 21.5. The molecule has 3 N–H and O–H groups in total. The molecule has 1 heterocycles. The summed E-state index contributed by atoms with van der Waals surface area (Å²) in [7, 11) is 0. The molecule has 2 aliphatic rings. The van der Waals surface area contributed by atoms with Gasteiger partial charge in [0.05, 0.1) is 12.7 Å². The Kier molecular flexibility index (Phi) is 6.03. The number of ether oxygens (including phenoxy) is 2. The highest BCUT2D eigenvalue weighted by atomic mass is 16.5. The maximum atomic E-state index is 12.3. The topological polar surface area (TPSA) is 88.0 Å². The van der Waals surface area contributed by atoms with Gasteiger partial charge in [-0.2, -0.15) is 0 Å². The molecule has 6 nitrogen and oxygen atoms in total. The number of hydrogen-bond donors (Lipinski definition) is 3. The average Bonchev–Trinajstić information content (AvgIpc) is 3.44. The van der Waals surface area contributed by atoms with E-state index in [-0.39, 0.29) is 25.5 Å². The third-order valence-electron chi connectivity index (χ3n) is 6.47. The third-order valence-corrected chi connectivity index (χ3v) is 6.47. The smallest absolute Gasteiger partial charge is 0.407 e. The zero-order chi connectivity index (χ0) is 22.8. The Bertz CT molecular complexity index is 1120. The monoisotopic (exact) mass is 445 g/mol. The largest absolute Gasteiger partial charge is 0.493 e. The highest BCUT2D eigenvalue weighted by Crippen LogP contribution is 2.44. The predicted molar refractivity (Wildman–Crippen MR) is 124 cm³/mol. The summed E-state index contributed by atoms with van der Waals surface area (Å²) in [5, 5.41) is 23.5. The van der Waals surface area contributed by atoms with Gasteiger partial charge in [0.15, 0.2) is 0 Å². The average molecular weight is 446 g/mol. The second-order valence-corrected chi connectivity index (χ2v) is 8.52. The molecule has 5 rings (SSSR count). The maximum absolute atomic E-state index is 12.3. The number of fused-ring (bicyclic) bond motifs is 4. The Labute approximate surface area is 192 Å². The molecular formula is C27H27NO5. The van der Waals surface area contributed by atoms with Crippen molar-refractivity contribution in [1.82, 2.24) is 5.32 Å². The van der Waals surface area contributed by atoms with E-state index < -0.39 is 18.3 Å². The van der Waals surface area contributed by atoms with Crippen LogP contribution in [-0.2, 0) is 11.2 Å². The van der Waals surface area contributed by atoms with E-state index in [0.29, 0.717) is 12.2 Å². The lowest BCUT2D eigenvalue weighted by Crippen LogP contribution is -2.30. The van der Waals surface area contributed by atoms with Crippen molar-refractivity contribution in [2.24, 2.45) is 0 Å². The van der Waals surface area contributed by atoms with Crippen LogP contribution in [0.3, 0.4) is 0 Å². The molecule has 3 aromatic carbocycles. The van der Waals surface area contributed by atoms with E-state index in [1.807, 2.05) is 36.4 Å². The Balaban J connectivity index is 1.12. The molecule has 0 fully saturated rings. The van der Waals surface area contributed by atoms with Gasteiger partial charge >= 0.3 is 6.09 Å². The van der Waals surface area contributed by atoms with E-state index in [4.69, 9.17) is 9.47 Å². The maximum Gasteiger partial charge on any atom is 0.407 e. The molecule has 2 unspecified atom stereocenters. The fourth-order valence-corrected chi connectivity index (χ4v) is 4.74. The molecule has 0 saturated heterocycles. The first-order valence-electron chi connectivity index (χ1n) is 11.3. The summed E-state index contributed by atoms with van der Waals surface area (Å²) in [6, 6.07) is 21.8. The second-order valence-electron chi connectivity index (χ2n) is 8.52. The fraction of sp³-hybridized carbons (Fsp3) is 0.296. The van der Waals surface area contributed by atoms with E-state index in [0.717, 1.165) is 28.9 Å². The standard InChI is InChI=1S/C27H27NO5/c29-24(26(30)18-9-10-25-17(15-18)12-14-32-25)11-13-28-27(31)33-16-23-21-7-3-1-5-19(21)20-6-2-4-8-22(20)23/h1-10,15,23-24,26,29-30H,11-14,16H2,(H,28,31). The minimum Gasteiger partial charge on any atom is -0.493 e. The van der Waals surface area contributed by atoms with Crippen LogP contribution in [0.5, 0.6) is 5.75 Å². The lowest BCUT2D eigenvalue weighted by atomic mass is 9.98. The number of benzene rings is 3. The molecule has 3 aromatic rings. The van der Waals surface area contributed by atoms with Crippen LogP contribution < -0.4 is 10.1 Å². The van der Waals surface area contributed by atoms with Gasteiger partial charge in [-0.1, -0.05) is 54.6 Å². The predicted octanol–water partition coefficient (Wildman–Crippen LogP) is 3.94. The fourth-order valence-electron chi connectivity index (χ4n) is 4.74. The molecule has 1 amide bonds. The number of nitrogens with one attached hydrogen (secondary N) is 1. The molecule has 33 heavy (non-hydrogen) atoms. The number of aliphatic hydroxyl groups is 2. The van der Waals surface area contributed by atoms with Crippen LogP contribution >= 0.6 is 0 Å². The van der Waals surface area contributed by atoms with Crippen LogP contribution in [0.2, 0.25) is 0 Å². The quantitative estimate of drug-likeness (QED) is 0.513. The molecule has 0 aromatic heterocycles. The normalized spacial score (nSPS) is 15.7. The molecule has 2 atom stereocenters. The zero-order valence-electron chi connectivity index (χ0n) is 18.2. The van der Waals surface area contributed by atoms with E-state index in [1.54, 1.807) is 6.07 Å². The van der Waals surface area contributed by atoms with Gasteiger partial charge in [0.2, 0.25) is 0 Å². The van der Waals surface area contributed by atoms with Crippen LogP contribution in [0.1, 0.15) is 40.7 Å². The summed E-state index contributed by atoms with van der Waals surface area (Å²) in [6.45, 7) is 1.08. The van der Waals surface area contributed by atoms with E-state index in [2.05, 4.69) is 29.6 Å². The van der Waals surface area contributed by atoms with E-state index >= 15 is 0 Å². The van der Waals surface area contributed by atoms with Crippen molar-refractivity contribution in [2.45, 2.75) is 31.0 Å². The third kappa shape index (κ3) is 4.32. The molecule has 0 radical (unpaired) electrons. The van der Waals surface area contributed by atoms with Gasteiger partial charge in [-0.05, 0) is 51.9 Å². The lowest BCUT2D eigenvalue weighted by molar-refractivity contribution is 0.0136. The number of rotatable bonds is 7. The second kappa shape index (κ2) is 9.25. The van der Waals surface area contributed by atoms with Gasteiger partial charge in [-0.25, -0.2) is 4.79 Å². The van der Waals surface area contributed by atoms with Gasteiger partial charge in [0, 0.05) is 18.9 Å². The van der Waals surface area contributed by atoms with Gasteiger partial charge in [-0.15, -0.1) is 0 Å². The summed E-state index contributed by atoms with van der Waals surface area (Å²) in [6.07, 6.45) is -1.55. The Hall–Kier alpha value is -3.35. The van der Waals surface area contributed by atoms with Crippen molar-refractivity contribution < 1.29 is 24.5 Å². The molecule has 0 spiro atoms. The van der Waals surface area contributed by atoms with E-state index in [1.165, 1.54) is 11.1 Å².